The number of rotatable bonds is 5. The topological polar surface area (TPSA) is 57.9 Å². The standard InChI is InChI=1S/C36H36N2O3/c1-22-30(25-10-6-3-7-11-25)27-19-36(40)29-18-26-14-15-28(39)33-31(26)35(36,16-17-37(29)20-24-12-13-24)34(41-33)32(27)38(22)21-23-8-4-2-5-9-23/h2-11,14-15,24,29,34,39-40H,12-13,16-21H2,1H3/t29?,34-,35-,36+/m0/s1. The second-order valence-corrected chi connectivity index (χ2v) is 13.2. The van der Waals surface area contributed by atoms with Gasteiger partial charge in [-0.3, -0.25) is 4.90 Å². The van der Waals surface area contributed by atoms with Gasteiger partial charge >= 0.3 is 0 Å². The van der Waals surface area contributed by atoms with Crippen LogP contribution in [0, 0.1) is 12.8 Å². The van der Waals surface area contributed by atoms with Crippen molar-refractivity contribution in [3.8, 4) is 22.6 Å². The van der Waals surface area contributed by atoms with Crippen molar-refractivity contribution in [2.75, 3.05) is 13.1 Å². The molecule has 0 amide bonds. The smallest absolute Gasteiger partial charge is 0.166 e. The van der Waals surface area contributed by atoms with Crippen molar-refractivity contribution in [3.63, 3.8) is 0 Å². The van der Waals surface area contributed by atoms with Crippen LogP contribution in [0.2, 0.25) is 0 Å². The number of fused-ring (bicyclic) bond motifs is 2. The van der Waals surface area contributed by atoms with E-state index in [9.17, 15) is 10.2 Å². The minimum absolute atomic E-state index is 0.0282. The van der Waals surface area contributed by atoms with E-state index in [4.69, 9.17) is 4.74 Å². The lowest BCUT2D eigenvalue weighted by Crippen LogP contribution is -2.74. The zero-order valence-corrected chi connectivity index (χ0v) is 23.5. The van der Waals surface area contributed by atoms with Crippen molar-refractivity contribution >= 4 is 0 Å². The fraction of sp³-hybridized carbons (Fsp3) is 0.389. The Morgan fingerprint density at radius 1 is 0.976 bits per heavy atom. The molecule has 5 nitrogen and oxygen atoms in total. The average molecular weight is 545 g/mol. The molecule has 9 rings (SSSR count). The van der Waals surface area contributed by atoms with Crippen LogP contribution in [0.4, 0.5) is 0 Å². The van der Waals surface area contributed by atoms with Crippen LogP contribution in [0.25, 0.3) is 11.1 Å². The highest BCUT2D eigenvalue weighted by atomic mass is 16.5. The second kappa shape index (κ2) is 8.27. The van der Waals surface area contributed by atoms with Crippen LogP contribution >= 0.6 is 0 Å². The van der Waals surface area contributed by atoms with Crippen molar-refractivity contribution in [1.82, 2.24) is 9.47 Å². The SMILES string of the molecule is Cc1c(-c2ccccc2)c2c(n1Cc1ccccc1)[C@@H]1Oc3c(O)ccc4c3[C@@]13CCN(CC1CC1)C(C4)[C@]3(O)C2. The quantitative estimate of drug-likeness (QED) is 0.328. The molecule has 1 saturated carbocycles. The number of aromatic hydroxyl groups is 1. The van der Waals surface area contributed by atoms with Gasteiger partial charge in [0.15, 0.2) is 17.6 Å². The number of hydrogen-bond acceptors (Lipinski definition) is 4. The number of phenols is 1. The first-order valence-electron chi connectivity index (χ1n) is 15.3. The Morgan fingerprint density at radius 2 is 1.73 bits per heavy atom. The van der Waals surface area contributed by atoms with Gasteiger partial charge in [0.05, 0.1) is 16.7 Å². The highest BCUT2D eigenvalue weighted by Gasteiger charge is 2.73. The fourth-order valence-electron chi connectivity index (χ4n) is 9.18. The predicted molar refractivity (Wildman–Crippen MR) is 158 cm³/mol. The van der Waals surface area contributed by atoms with Crippen LogP contribution in [0.3, 0.4) is 0 Å². The summed E-state index contributed by atoms with van der Waals surface area (Å²) >= 11 is 0. The molecule has 3 heterocycles. The zero-order chi connectivity index (χ0) is 27.5. The van der Waals surface area contributed by atoms with Crippen LogP contribution in [-0.2, 0) is 24.8 Å². The first-order valence-corrected chi connectivity index (χ1v) is 15.3. The summed E-state index contributed by atoms with van der Waals surface area (Å²) in [5, 5.41) is 24.4. The summed E-state index contributed by atoms with van der Waals surface area (Å²) in [6, 6.07) is 25.2. The third kappa shape index (κ3) is 3.09. The van der Waals surface area contributed by atoms with E-state index in [0.717, 1.165) is 44.0 Å². The molecule has 2 aliphatic heterocycles. The van der Waals surface area contributed by atoms with E-state index in [1.54, 1.807) is 6.07 Å². The maximum Gasteiger partial charge on any atom is 0.166 e. The summed E-state index contributed by atoms with van der Waals surface area (Å²) in [4.78, 5) is 2.61. The molecule has 2 fully saturated rings. The van der Waals surface area contributed by atoms with Crippen molar-refractivity contribution in [2.45, 2.75) is 68.7 Å². The van der Waals surface area contributed by atoms with Gasteiger partial charge in [0.1, 0.15) is 0 Å². The van der Waals surface area contributed by atoms with E-state index >= 15 is 0 Å². The molecule has 1 spiro atoms. The lowest BCUT2D eigenvalue weighted by molar-refractivity contribution is -0.173. The monoisotopic (exact) mass is 544 g/mol. The molecule has 3 aromatic carbocycles. The first-order chi connectivity index (χ1) is 20.0. The normalized spacial score (nSPS) is 29.1. The summed E-state index contributed by atoms with van der Waals surface area (Å²) in [5.41, 5.74) is 7.98. The first kappa shape index (κ1) is 24.1. The van der Waals surface area contributed by atoms with Gasteiger partial charge < -0.3 is 19.5 Å². The van der Waals surface area contributed by atoms with Crippen molar-refractivity contribution in [3.05, 3.63) is 106 Å². The average Bonchev–Trinajstić information content (AvgIpc) is 3.67. The Balaban J connectivity index is 1.32. The number of nitrogens with zero attached hydrogens (tertiary/aromatic N) is 2. The number of aliphatic hydroxyl groups is 1. The number of likely N-dealkylation sites (tertiary alicyclic amines) is 1. The second-order valence-electron chi connectivity index (χ2n) is 13.2. The minimum Gasteiger partial charge on any atom is -0.504 e. The van der Waals surface area contributed by atoms with E-state index in [1.165, 1.54) is 52.0 Å². The summed E-state index contributed by atoms with van der Waals surface area (Å²) in [6.07, 6.45) is 4.47. The van der Waals surface area contributed by atoms with E-state index in [2.05, 4.69) is 83.1 Å². The van der Waals surface area contributed by atoms with Crippen molar-refractivity contribution < 1.29 is 14.9 Å². The van der Waals surface area contributed by atoms with Crippen molar-refractivity contribution in [1.29, 1.82) is 0 Å². The summed E-state index contributed by atoms with van der Waals surface area (Å²) in [7, 11) is 0. The molecule has 1 saturated heterocycles. The Labute approximate surface area is 241 Å². The number of benzene rings is 3. The van der Waals surface area contributed by atoms with Crippen molar-refractivity contribution in [2.24, 2.45) is 5.92 Å². The van der Waals surface area contributed by atoms with E-state index in [0.29, 0.717) is 12.2 Å². The third-order valence-electron chi connectivity index (χ3n) is 11.1. The molecule has 5 heteroatoms. The van der Waals surface area contributed by atoms with Crippen LogP contribution in [-0.4, -0.2) is 44.4 Å². The predicted octanol–water partition coefficient (Wildman–Crippen LogP) is 5.92. The molecule has 2 N–H and O–H groups in total. The highest BCUT2D eigenvalue weighted by Crippen LogP contribution is 2.69. The van der Waals surface area contributed by atoms with Crippen LogP contribution in [0.5, 0.6) is 11.5 Å². The molecular formula is C36H36N2O3. The molecule has 4 atom stereocenters. The molecule has 41 heavy (non-hydrogen) atoms. The van der Waals surface area contributed by atoms with Crippen LogP contribution < -0.4 is 4.74 Å². The highest BCUT2D eigenvalue weighted by molar-refractivity contribution is 5.75. The Hall–Kier alpha value is -3.54. The van der Waals surface area contributed by atoms with E-state index in [-0.39, 0.29) is 17.9 Å². The minimum atomic E-state index is -0.987. The maximum absolute atomic E-state index is 13.3. The Bertz CT molecular complexity index is 1690. The maximum atomic E-state index is 13.3. The lowest BCUT2D eigenvalue weighted by Gasteiger charge is -2.63. The number of aromatic nitrogens is 1. The summed E-state index contributed by atoms with van der Waals surface area (Å²) in [5.74, 6) is 1.55. The third-order valence-corrected chi connectivity index (χ3v) is 11.1. The molecule has 5 aliphatic rings. The van der Waals surface area contributed by atoms with Gasteiger partial charge in [-0.1, -0.05) is 66.7 Å². The number of hydrogen-bond donors (Lipinski definition) is 2. The molecule has 1 aromatic heterocycles. The molecule has 2 bridgehead atoms. The van der Waals surface area contributed by atoms with Gasteiger partial charge in [0.25, 0.3) is 0 Å². The van der Waals surface area contributed by atoms with Gasteiger partial charge in [-0.2, -0.15) is 0 Å². The van der Waals surface area contributed by atoms with E-state index in [1.807, 2.05) is 0 Å². The van der Waals surface area contributed by atoms with Gasteiger partial charge in [-0.15, -0.1) is 0 Å². The lowest BCUT2D eigenvalue weighted by atomic mass is 9.49. The molecule has 1 unspecified atom stereocenters. The van der Waals surface area contributed by atoms with Gasteiger partial charge in [-0.05, 0) is 73.4 Å². The Morgan fingerprint density at radius 3 is 2.49 bits per heavy atom. The van der Waals surface area contributed by atoms with Gasteiger partial charge in [0, 0.05) is 42.4 Å². The summed E-state index contributed by atoms with van der Waals surface area (Å²) in [6.45, 7) is 4.99. The molecule has 3 aliphatic carbocycles. The van der Waals surface area contributed by atoms with Crippen LogP contribution in [0.15, 0.2) is 72.8 Å². The largest absolute Gasteiger partial charge is 0.504 e. The number of piperidine rings is 1. The van der Waals surface area contributed by atoms with E-state index < -0.39 is 11.0 Å². The van der Waals surface area contributed by atoms with Crippen LogP contribution in [0.1, 0.15) is 59.0 Å². The number of phenolic OH excluding ortho intramolecular Hbond substituents is 1. The van der Waals surface area contributed by atoms with Gasteiger partial charge in [0.2, 0.25) is 0 Å². The molecule has 208 valence electrons. The Kier molecular flexibility index (Phi) is 4.86. The molecule has 0 radical (unpaired) electrons. The van der Waals surface area contributed by atoms with Gasteiger partial charge in [-0.25, -0.2) is 0 Å². The fourth-order valence-corrected chi connectivity index (χ4v) is 9.18. The molecular weight excluding hydrogens is 508 g/mol. The summed E-state index contributed by atoms with van der Waals surface area (Å²) < 4.78 is 9.42. The number of ether oxygens (including phenoxy) is 1. The zero-order valence-electron chi connectivity index (χ0n) is 23.5. The molecule has 4 aromatic rings.